The minimum atomic E-state index is -0.114. The smallest absolute Gasteiger partial charge is 0.324 e. The van der Waals surface area contributed by atoms with Crippen molar-refractivity contribution in [3.8, 4) is 0 Å². The predicted molar refractivity (Wildman–Crippen MR) is 43.2 cm³/mol. The van der Waals surface area contributed by atoms with Gasteiger partial charge in [0.2, 0.25) is 0 Å². The molecule has 0 aromatic carbocycles. The van der Waals surface area contributed by atoms with Gasteiger partial charge in [-0.1, -0.05) is 0 Å². The van der Waals surface area contributed by atoms with Gasteiger partial charge in [-0.3, -0.25) is 10.2 Å². The van der Waals surface area contributed by atoms with Gasteiger partial charge >= 0.3 is 5.97 Å². The summed E-state index contributed by atoms with van der Waals surface area (Å²) in [6.07, 6.45) is 1.16. The van der Waals surface area contributed by atoms with Gasteiger partial charge in [-0.25, -0.2) is 5.43 Å². The van der Waals surface area contributed by atoms with Crippen LogP contribution in [0.4, 0.5) is 0 Å². The molecule has 1 saturated heterocycles. The molecule has 2 fully saturated rings. The molecule has 1 aliphatic heterocycles. The van der Waals surface area contributed by atoms with E-state index >= 15 is 0 Å². The molecule has 2 unspecified atom stereocenters. The van der Waals surface area contributed by atoms with Crippen LogP contribution in [0.15, 0.2) is 0 Å². The van der Waals surface area contributed by atoms with E-state index in [4.69, 9.17) is 4.74 Å². The molecule has 4 nitrogen and oxygen atoms in total. The SMILES string of the molecule is CCOC(=O)[C@H]1NNCC2CC21. The Morgan fingerprint density at radius 1 is 1.67 bits per heavy atom. The maximum atomic E-state index is 11.3. The first kappa shape index (κ1) is 8.01. The van der Waals surface area contributed by atoms with E-state index in [9.17, 15) is 4.79 Å². The molecule has 2 aliphatic rings. The van der Waals surface area contributed by atoms with Gasteiger partial charge in [-0.2, -0.15) is 0 Å². The van der Waals surface area contributed by atoms with E-state index in [1.54, 1.807) is 0 Å². The Kier molecular flexibility index (Phi) is 2.02. The molecule has 1 aliphatic carbocycles. The highest BCUT2D eigenvalue weighted by Crippen LogP contribution is 2.42. The van der Waals surface area contributed by atoms with Crippen molar-refractivity contribution in [2.24, 2.45) is 11.8 Å². The number of ether oxygens (including phenoxy) is 1. The fourth-order valence-corrected chi connectivity index (χ4v) is 1.79. The molecule has 0 aromatic rings. The Morgan fingerprint density at radius 3 is 3.25 bits per heavy atom. The van der Waals surface area contributed by atoms with Crippen LogP contribution in [0.5, 0.6) is 0 Å². The molecule has 0 spiro atoms. The lowest BCUT2D eigenvalue weighted by Gasteiger charge is -2.21. The summed E-state index contributed by atoms with van der Waals surface area (Å²) >= 11 is 0. The zero-order chi connectivity index (χ0) is 8.55. The maximum absolute atomic E-state index is 11.3. The zero-order valence-electron chi connectivity index (χ0n) is 7.17. The van der Waals surface area contributed by atoms with E-state index in [1.807, 2.05) is 6.92 Å². The van der Waals surface area contributed by atoms with Crippen molar-refractivity contribution < 1.29 is 9.53 Å². The highest BCUT2D eigenvalue weighted by molar-refractivity contribution is 5.76. The molecule has 2 N–H and O–H groups in total. The third-order valence-electron chi connectivity index (χ3n) is 2.57. The quantitative estimate of drug-likeness (QED) is 0.557. The number of rotatable bonds is 2. The van der Waals surface area contributed by atoms with E-state index in [0.717, 1.165) is 13.0 Å². The van der Waals surface area contributed by atoms with E-state index in [2.05, 4.69) is 10.9 Å². The molecule has 0 aromatic heterocycles. The van der Waals surface area contributed by atoms with Crippen LogP contribution in [-0.2, 0) is 9.53 Å². The van der Waals surface area contributed by atoms with Crippen molar-refractivity contribution in [2.45, 2.75) is 19.4 Å². The number of carbonyl (C=O) groups excluding carboxylic acids is 1. The van der Waals surface area contributed by atoms with Crippen molar-refractivity contribution in [2.75, 3.05) is 13.2 Å². The molecule has 1 saturated carbocycles. The summed E-state index contributed by atoms with van der Waals surface area (Å²) in [5.74, 6) is 1.10. The van der Waals surface area contributed by atoms with Crippen LogP contribution in [0.3, 0.4) is 0 Å². The van der Waals surface area contributed by atoms with Crippen LogP contribution < -0.4 is 10.9 Å². The molecule has 1 heterocycles. The third kappa shape index (κ3) is 1.32. The average molecular weight is 170 g/mol. The summed E-state index contributed by atoms with van der Waals surface area (Å²) in [4.78, 5) is 11.3. The second-order valence-corrected chi connectivity index (χ2v) is 3.41. The Labute approximate surface area is 71.6 Å². The number of fused-ring (bicyclic) bond motifs is 1. The Bertz CT molecular complexity index is 195. The van der Waals surface area contributed by atoms with Gasteiger partial charge in [0.25, 0.3) is 0 Å². The van der Waals surface area contributed by atoms with Gasteiger partial charge in [-0.15, -0.1) is 0 Å². The molecule has 0 radical (unpaired) electrons. The highest BCUT2D eigenvalue weighted by Gasteiger charge is 2.49. The first-order chi connectivity index (χ1) is 5.83. The second-order valence-electron chi connectivity index (χ2n) is 3.41. The summed E-state index contributed by atoms with van der Waals surface area (Å²) < 4.78 is 4.94. The zero-order valence-corrected chi connectivity index (χ0v) is 7.17. The standard InChI is InChI=1S/C8H14N2O2/c1-2-12-8(11)7-6-3-5(6)4-9-10-7/h5-7,9-10H,2-4H2,1H3/t5?,6?,7-/m0/s1. The van der Waals surface area contributed by atoms with Gasteiger partial charge in [0.1, 0.15) is 6.04 Å². The van der Waals surface area contributed by atoms with Crippen LogP contribution in [-0.4, -0.2) is 25.2 Å². The van der Waals surface area contributed by atoms with Gasteiger partial charge in [-0.05, 0) is 25.2 Å². The molecule has 2 rings (SSSR count). The Balaban J connectivity index is 1.90. The lowest BCUT2D eigenvalue weighted by atomic mass is 10.1. The lowest BCUT2D eigenvalue weighted by molar-refractivity contribution is -0.147. The largest absolute Gasteiger partial charge is 0.465 e. The maximum Gasteiger partial charge on any atom is 0.324 e. The molecule has 0 amide bonds. The van der Waals surface area contributed by atoms with Crippen LogP contribution in [0.25, 0.3) is 0 Å². The second kappa shape index (κ2) is 3.03. The molecule has 4 heteroatoms. The molecule has 68 valence electrons. The first-order valence-corrected chi connectivity index (χ1v) is 4.48. The van der Waals surface area contributed by atoms with Crippen molar-refractivity contribution in [1.82, 2.24) is 10.9 Å². The van der Waals surface area contributed by atoms with Crippen LogP contribution in [0, 0.1) is 11.8 Å². The minimum Gasteiger partial charge on any atom is -0.465 e. The number of hydrogen-bond acceptors (Lipinski definition) is 4. The monoisotopic (exact) mass is 170 g/mol. The van der Waals surface area contributed by atoms with Crippen LogP contribution in [0.2, 0.25) is 0 Å². The summed E-state index contributed by atoms with van der Waals surface area (Å²) in [5.41, 5.74) is 5.99. The van der Waals surface area contributed by atoms with Crippen LogP contribution in [0.1, 0.15) is 13.3 Å². The van der Waals surface area contributed by atoms with Gasteiger partial charge in [0.15, 0.2) is 0 Å². The van der Waals surface area contributed by atoms with E-state index < -0.39 is 0 Å². The third-order valence-corrected chi connectivity index (χ3v) is 2.57. The van der Waals surface area contributed by atoms with Crippen molar-refractivity contribution in [3.63, 3.8) is 0 Å². The minimum absolute atomic E-state index is 0.108. The number of hydrogen-bond donors (Lipinski definition) is 2. The highest BCUT2D eigenvalue weighted by atomic mass is 16.5. The molecule has 12 heavy (non-hydrogen) atoms. The van der Waals surface area contributed by atoms with Crippen molar-refractivity contribution in [1.29, 1.82) is 0 Å². The van der Waals surface area contributed by atoms with E-state index in [0.29, 0.717) is 18.4 Å². The topological polar surface area (TPSA) is 50.4 Å². The number of hydrazine groups is 1. The van der Waals surface area contributed by atoms with E-state index in [1.165, 1.54) is 0 Å². The number of esters is 1. The number of nitrogens with one attached hydrogen (secondary N) is 2. The Hall–Kier alpha value is -0.610. The number of carbonyl (C=O) groups is 1. The molecular formula is C8H14N2O2. The summed E-state index contributed by atoms with van der Waals surface area (Å²) in [5, 5.41) is 0. The van der Waals surface area contributed by atoms with Gasteiger partial charge in [0.05, 0.1) is 6.61 Å². The van der Waals surface area contributed by atoms with Gasteiger partial charge < -0.3 is 4.74 Å². The molecule has 3 atom stereocenters. The summed E-state index contributed by atoms with van der Waals surface area (Å²) in [6, 6.07) is -0.108. The van der Waals surface area contributed by atoms with Gasteiger partial charge in [0, 0.05) is 6.54 Å². The fourth-order valence-electron chi connectivity index (χ4n) is 1.79. The lowest BCUT2D eigenvalue weighted by Crippen LogP contribution is -2.52. The molecule has 0 bridgehead atoms. The van der Waals surface area contributed by atoms with Crippen LogP contribution >= 0.6 is 0 Å². The first-order valence-electron chi connectivity index (χ1n) is 4.48. The fraction of sp³-hybridized carbons (Fsp3) is 0.875. The average Bonchev–Trinajstić information content (AvgIpc) is 2.81. The van der Waals surface area contributed by atoms with E-state index in [-0.39, 0.29) is 12.0 Å². The summed E-state index contributed by atoms with van der Waals surface area (Å²) in [7, 11) is 0. The van der Waals surface area contributed by atoms with Crippen molar-refractivity contribution in [3.05, 3.63) is 0 Å². The normalized spacial score (nSPS) is 38.6. The molecular weight excluding hydrogens is 156 g/mol. The predicted octanol–water partition coefficient (Wildman–Crippen LogP) is -0.338. The Morgan fingerprint density at radius 2 is 2.50 bits per heavy atom. The summed E-state index contributed by atoms with van der Waals surface area (Å²) in [6.45, 7) is 3.29. The van der Waals surface area contributed by atoms with Crippen molar-refractivity contribution >= 4 is 5.97 Å².